The largest absolute Gasteiger partial charge is 0.507 e. The lowest BCUT2D eigenvalue weighted by Crippen LogP contribution is -2.49. The summed E-state index contributed by atoms with van der Waals surface area (Å²) in [6, 6.07) is 17.4. The predicted octanol–water partition coefficient (Wildman–Crippen LogP) is 2.35. The average Bonchev–Trinajstić information content (AvgIpc) is 2.78. The fourth-order valence-electron chi connectivity index (χ4n) is 3.53. The maximum Gasteiger partial charge on any atom is 0.255 e. The molecule has 0 atom stereocenters. The van der Waals surface area contributed by atoms with Gasteiger partial charge in [0.1, 0.15) is 5.75 Å². The smallest absolute Gasteiger partial charge is 0.255 e. The summed E-state index contributed by atoms with van der Waals surface area (Å²) in [4.78, 5) is 19.1. The number of phenols is 1. The van der Waals surface area contributed by atoms with Crippen LogP contribution in [0.25, 0.3) is 0 Å². The average molecular weight is 410 g/mol. The maximum atomic E-state index is 12.1. The summed E-state index contributed by atoms with van der Waals surface area (Å²) in [5.41, 5.74) is 1.55. The van der Waals surface area contributed by atoms with Crippen molar-refractivity contribution in [3.05, 3.63) is 60.2 Å². The van der Waals surface area contributed by atoms with Crippen molar-refractivity contribution in [2.24, 2.45) is 4.99 Å². The van der Waals surface area contributed by atoms with E-state index >= 15 is 0 Å². The van der Waals surface area contributed by atoms with Gasteiger partial charge < -0.3 is 26.0 Å². The minimum absolute atomic E-state index is 0.0182. The molecule has 30 heavy (non-hydrogen) atoms. The second-order valence-corrected chi connectivity index (χ2v) is 7.27. The minimum atomic E-state index is -0.297. The van der Waals surface area contributed by atoms with Crippen molar-refractivity contribution in [1.82, 2.24) is 16.0 Å². The molecule has 0 bridgehead atoms. The Bertz CT molecular complexity index is 832. The Kier molecular flexibility index (Phi) is 7.94. The second-order valence-electron chi connectivity index (χ2n) is 7.27. The van der Waals surface area contributed by atoms with Crippen molar-refractivity contribution in [1.29, 1.82) is 0 Å². The number of guanidine groups is 1. The van der Waals surface area contributed by atoms with E-state index in [2.05, 4.69) is 50.1 Å². The number of nitrogens with one attached hydrogen (secondary N) is 3. The van der Waals surface area contributed by atoms with Crippen LogP contribution < -0.4 is 20.9 Å². The van der Waals surface area contributed by atoms with Crippen molar-refractivity contribution in [2.75, 3.05) is 37.6 Å². The van der Waals surface area contributed by atoms with Gasteiger partial charge >= 0.3 is 0 Å². The number of para-hydroxylation sites is 2. The van der Waals surface area contributed by atoms with Crippen molar-refractivity contribution < 1.29 is 9.90 Å². The Labute approximate surface area is 178 Å². The molecular formula is C23H31N5O2. The second kappa shape index (κ2) is 11.1. The van der Waals surface area contributed by atoms with Crippen LogP contribution in [0.1, 0.15) is 30.1 Å². The number of aromatic hydroxyl groups is 1. The van der Waals surface area contributed by atoms with Crippen LogP contribution >= 0.6 is 0 Å². The number of amides is 1. The summed E-state index contributed by atoms with van der Waals surface area (Å²) < 4.78 is 0. The molecule has 1 amide bonds. The minimum Gasteiger partial charge on any atom is -0.507 e. The van der Waals surface area contributed by atoms with Gasteiger partial charge in [-0.2, -0.15) is 0 Å². The molecule has 1 saturated heterocycles. The van der Waals surface area contributed by atoms with E-state index in [9.17, 15) is 9.90 Å². The highest BCUT2D eigenvalue weighted by molar-refractivity contribution is 5.96. The van der Waals surface area contributed by atoms with Crippen molar-refractivity contribution in [3.63, 3.8) is 0 Å². The summed E-state index contributed by atoms with van der Waals surface area (Å²) in [5, 5.41) is 19.3. The van der Waals surface area contributed by atoms with Crippen LogP contribution in [0.4, 0.5) is 5.69 Å². The van der Waals surface area contributed by atoms with Crippen LogP contribution in [-0.2, 0) is 0 Å². The third-order valence-electron chi connectivity index (χ3n) is 5.12. The van der Waals surface area contributed by atoms with Crippen LogP contribution in [0.3, 0.4) is 0 Å². The number of rotatable bonds is 7. The van der Waals surface area contributed by atoms with E-state index in [1.165, 1.54) is 11.8 Å². The summed E-state index contributed by atoms with van der Waals surface area (Å²) in [6.45, 7) is 5.69. The van der Waals surface area contributed by atoms with Gasteiger partial charge in [-0.3, -0.25) is 9.79 Å². The van der Waals surface area contributed by atoms with E-state index < -0.39 is 0 Å². The summed E-state index contributed by atoms with van der Waals surface area (Å²) >= 11 is 0. The molecule has 0 aromatic heterocycles. The topological polar surface area (TPSA) is 89.0 Å². The van der Waals surface area contributed by atoms with Gasteiger partial charge in [-0.05, 0) is 44.0 Å². The number of aliphatic imine (C=N–C) groups is 1. The fourth-order valence-corrected chi connectivity index (χ4v) is 3.53. The number of carbonyl (C=O) groups excluding carboxylic acids is 1. The Morgan fingerprint density at radius 2 is 1.77 bits per heavy atom. The van der Waals surface area contributed by atoms with Gasteiger partial charge in [-0.1, -0.05) is 30.3 Å². The van der Waals surface area contributed by atoms with Crippen molar-refractivity contribution >= 4 is 17.6 Å². The lowest BCUT2D eigenvalue weighted by molar-refractivity contribution is 0.0952. The molecule has 0 radical (unpaired) electrons. The third-order valence-corrected chi connectivity index (χ3v) is 5.12. The van der Waals surface area contributed by atoms with Gasteiger partial charge in [-0.15, -0.1) is 0 Å². The Morgan fingerprint density at radius 3 is 2.47 bits per heavy atom. The molecular weight excluding hydrogens is 378 g/mol. The third kappa shape index (κ3) is 6.14. The SMILES string of the molecule is CCNC(=NCCNC(=O)c1ccccc1O)NC1CCN(c2ccccc2)CC1. The normalized spacial score (nSPS) is 15.0. The summed E-state index contributed by atoms with van der Waals surface area (Å²) in [6.07, 6.45) is 2.09. The first-order chi connectivity index (χ1) is 14.7. The van der Waals surface area contributed by atoms with E-state index in [1.807, 2.05) is 13.0 Å². The van der Waals surface area contributed by atoms with Crippen LogP contribution in [0, 0.1) is 0 Å². The maximum absolute atomic E-state index is 12.1. The van der Waals surface area contributed by atoms with Crippen LogP contribution in [0.2, 0.25) is 0 Å². The molecule has 1 heterocycles. The fraction of sp³-hybridized carbons (Fsp3) is 0.391. The predicted molar refractivity (Wildman–Crippen MR) is 121 cm³/mol. The van der Waals surface area contributed by atoms with Gasteiger partial charge in [0, 0.05) is 37.9 Å². The summed E-state index contributed by atoms with van der Waals surface area (Å²) in [7, 11) is 0. The molecule has 2 aromatic rings. The highest BCUT2D eigenvalue weighted by Crippen LogP contribution is 2.19. The molecule has 2 aromatic carbocycles. The van der Waals surface area contributed by atoms with Gasteiger partial charge in [0.15, 0.2) is 5.96 Å². The number of anilines is 1. The molecule has 160 valence electrons. The van der Waals surface area contributed by atoms with Crippen LogP contribution in [-0.4, -0.2) is 55.7 Å². The zero-order valence-electron chi connectivity index (χ0n) is 17.5. The zero-order chi connectivity index (χ0) is 21.2. The zero-order valence-corrected chi connectivity index (χ0v) is 17.5. The van der Waals surface area contributed by atoms with E-state index in [0.717, 1.165) is 38.4 Å². The number of piperidine rings is 1. The lowest BCUT2D eigenvalue weighted by atomic mass is 10.0. The molecule has 1 aliphatic rings. The van der Waals surface area contributed by atoms with Gasteiger partial charge in [0.05, 0.1) is 12.1 Å². The first-order valence-corrected chi connectivity index (χ1v) is 10.6. The first-order valence-electron chi connectivity index (χ1n) is 10.6. The highest BCUT2D eigenvalue weighted by atomic mass is 16.3. The Morgan fingerprint density at radius 1 is 1.07 bits per heavy atom. The van der Waals surface area contributed by atoms with Gasteiger partial charge in [0.25, 0.3) is 5.91 Å². The van der Waals surface area contributed by atoms with E-state index in [4.69, 9.17) is 0 Å². The highest BCUT2D eigenvalue weighted by Gasteiger charge is 2.20. The molecule has 0 unspecified atom stereocenters. The number of carbonyl (C=O) groups is 1. The van der Waals surface area contributed by atoms with Crippen molar-refractivity contribution in [3.8, 4) is 5.75 Å². The molecule has 0 spiro atoms. The standard InChI is InChI=1S/C23H31N5O2/c1-2-24-23(26-15-14-25-22(30)20-10-6-7-11-21(20)29)27-18-12-16-28(17-13-18)19-8-4-3-5-9-19/h3-11,18,29H,2,12-17H2,1H3,(H,25,30)(H2,24,26,27). The van der Waals surface area contributed by atoms with Crippen LogP contribution in [0.5, 0.6) is 5.75 Å². The molecule has 4 N–H and O–H groups in total. The quantitative estimate of drug-likeness (QED) is 0.320. The van der Waals surface area contributed by atoms with Gasteiger partial charge in [0.2, 0.25) is 0 Å². The molecule has 0 aliphatic carbocycles. The Hall–Kier alpha value is -3.22. The van der Waals surface area contributed by atoms with E-state index in [-0.39, 0.29) is 17.2 Å². The van der Waals surface area contributed by atoms with Crippen molar-refractivity contribution in [2.45, 2.75) is 25.8 Å². The Balaban J connectivity index is 1.44. The number of benzene rings is 2. The number of hydrogen-bond acceptors (Lipinski definition) is 4. The molecule has 7 heteroatoms. The van der Waals surface area contributed by atoms with Crippen LogP contribution in [0.15, 0.2) is 59.6 Å². The molecule has 1 fully saturated rings. The molecule has 1 aliphatic heterocycles. The van der Waals surface area contributed by atoms with Gasteiger partial charge in [-0.25, -0.2) is 0 Å². The lowest BCUT2D eigenvalue weighted by Gasteiger charge is -2.34. The van der Waals surface area contributed by atoms with E-state index in [1.54, 1.807) is 18.2 Å². The number of hydrogen-bond donors (Lipinski definition) is 4. The molecule has 7 nitrogen and oxygen atoms in total. The monoisotopic (exact) mass is 409 g/mol. The number of phenolic OH excluding ortho intramolecular Hbond substituents is 1. The summed E-state index contributed by atoms with van der Waals surface area (Å²) in [5.74, 6) is 0.456. The molecule has 0 saturated carbocycles. The number of nitrogens with zero attached hydrogens (tertiary/aromatic N) is 2. The molecule has 3 rings (SSSR count). The first kappa shape index (κ1) is 21.5. The van der Waals surface area contributed by atoms with E-state index in [0.29, 0.717) is 19.1 Å².